The highest BCUT2D eigenvalue weighted by molar-refractivity contribution is 5.76. The number of aliphatic carboxylic acids is 1. The van der Waals surface area contributed by atoms with Gasteiger partial charge in [0.2, 0.25) is 0 Å². The van der Waals surface area contributed by atoms with Gasteiger partial charge in [0, 0.05) is 25.7 Å². The van der Waals surface area contributed by atoms with Crippen molar-refractivity contribution in [1.29, 1.82) is 0 Å². The van der Waals surface area contributed by atoms with Crippen molar-refractivity contribution in [2.24, 2.45) is 0 Å². The molecule has 2 rings (SSSR count). The first-order chi connectivity index (χ1) is 10.5. The van der Waals surface area contributed by atoms with Crippen LogP contribution in [0.2, 0.25) is 0 Å². The normalized spacial score (nSPS) is 21.4. The topological polar surface area (TPSA) is 62.2 Å². The third-order valence-electron chi connectivity index (χ3n) is 4.31. The first-order valence-corrected chi connectivity index (χ1v) is 7.37. The molecule has 0 spiro atoms. The number of carbonyl (C=O) groups is 1. The minimum absolute atomic E-state index is 0.329. The molecule has 1 fully saturated rings. The van der Waals surface area contributed by atoms with Gasteiger partial charge in [0.1, 0.15) is 6.04 Å². The highest BCUT2D eigenvalue weighted by Gasteiger charge is 2.32. The second-order valence-electron chi connectivity index (χ2n) is 5.68. The second kappa shape index (κ2) is 6.98. The van der Waals surface area contributed by atoms with E-state index in [4.69, 9.17) is 9.47 Å². The third kappa shape index (κ3) is 3.34. The summed E-state index contributed by atoms with van der Waals surface area (Å²) < 4.78 is 10.5. The average molecular weight is 308 g/mol. The van der Waals surface area contributed by atoms with Crippen LogP contribution >= 0.6 is 0 Å². The molecule has 1 aromatic rings. The zero-order chi connectivity index (χ0) is 16.3. The SMILES string of the molecule is COc1ccc(C(C(=O)O)N2CCN(C)C(C)C2)cc1OC. The lowest BCUT2D eigenvalue weighted by Crippen LogP contribution is -2.52. The number of ether oxygens (including phenoxy) is 2. The molecule has 0 aliphatic carbocycles. The lowest BCUT2D eigenvalue weighted by atomic mass is 10.0. The lowest BCUT2D eigenvalue weighted by molar-refractivity contribution is -0.144. The van der Waals surface area contributed by atoms with Crippen LogP contribution in [-0.4, -0.2) is 67.8 Å². The van der Waals surface area contributed by atoms with Crippen molar-refractivity contribution in [3.8, 4) is 11.5 Å². The Morgan fingerprint density at radius 3 is 2.50 bits per heavy atom. The molecule has 122 valence electrons. The highest BCUT2D eigenvalue weighted by atomic mass is 16.5. The number of carboxylic acids is 1. The summed E-state index contributed by atoms with van der Waals surface area (Å²) in [5.41, 5.74) is 0.710. The predicted molar refractivity (Wildman–Crippen MR) is 83.6 cm³/mol. The number of hydrogen-bond acceptors (Lipinski definition) is 5. The van der Waals surface area contributed by atoms with E-state index in [0.29, 0.717) is 23.1 Å². The quantitative estimate of drug-likeness (QED) is 0.889. The summed E-state index contributed by atoms with van der Waals surface area (Å²) in [4.78, 5) is 16.1. The van der Waals surface area contributed by atoms with Gasteiger partial charge >= 0.3 is 5.97 Å². The highest BCUT2D eigenvalue weighted by Crippen LogP contribution is 2.32. The van der Waals surface area contributed by atoms with Crippen molar-refractivity contribution in [2.75, 3.05) is 40.9 Å². The van der Waals surface area contributed by atoms with Crippen molar-refractivity contribution in [1.82, 2.24) is 9.80 Å². The van der Waals surface area contributed by atoms with Gasteiger partial charge in [0.25, 0.3) is 0 Å². The Morgan fingerprint density at radius 2 is 1.95 bits per heavy atom. The van der Waals surface area contributed by atoms with Gasteiger partial charge in [-0.3, -0.25) is 9.69 Å². The standard InChI is InChI=1S/C16H24N2O4/c1-11-10-18(8-7-17(11)2)15(16(19)20)12-5-6-13(21-3)14(9-12)22-4/h5-6,9,11,15H,7-8,10H2,1-4H3,(H,19,20). The van der Waals surface area contributed by atoms with E-state index in [-0.39, 0.29) is 0 Å². The number of nitrogens with zero attached hydrogens (tertiary/aromatic N) is 2. The monoisotopic (exact) mass is 308 g/mol. The van der Waals surface area contributed by atoms with Crippen molar-refractivity contribution in [3.05, 3.63) is 23.8 Å². The smallest absolute Gasteiger partial charge is 0.325 e. The molecule has 0 amide bonds. The van der Waals surface area contributed by atoms with Crippen LogP contribution in [0.15, 0.2) is 18.2 Å². The molecule has 2 unspecified atom stereocenters. The number of benzene rings is 1. The largest absolute Gasteiger partial charge is 0.493 e. The van der Waals surface area contributed by atoms with E-state index in [1.165, 1.54) is 0 Å². The van der Waals surface area contributed by atoms with Crippen molar-refractivity contribution in [3.63, 3.8) is 0 Å². The van der Waals surface area contributed by atoms with Gasteiger partial charge in [-0.05, 0) is 31.7 Å². The summed E-state index contributed by atoms with van der Waals surface area (Å²) in [6.45, 7) is 4.42. The van der Waals surface area contributed by atoms with Crippen LogP contribution in [0.5, 0.6) is 11.5 Å². The Bertz CT molecular complexity index is 535. The maximum Gasteiger partial charge on any atom is 0.325 e. The fourth-order valence-electron chi connectivity index (χ4n) is 2.84. The van der Waals surface area contributed by atoms with E-state index in [1.807, 2.05) is 4.90 Å². The first kappa shape index (κ1) is 16.6. The average Bonchev–Trinajstić information content (AvgIpc) is 2.50. The molecule has 2 atom stereocenters. The molecule has 0 bridgehead atoms. The molecule has 6 heteroatoms. The number of rotatable bonds is 5. The maximum atomic E-state index is 11.8. The van der Waals surface area contributed by atoms with Crippen LogP contribution < -0.4 is 9.47 Å². The van der Waals surface area contributed by atoms with Gasteiger partial charge < -0.3 is 19.5 Å². The van der Waals surface area contributed by atoms with E-state index in [0.717, 1.165) is 19.6 Å². The molecule has 1 aliphatic heterocycles. The number of likely N-dealkylation sites (N-methyl/N-ethyl adjacent to an activating group) is 1. The first-order valence-electron chi connectivity index (χ1n) is 7.37. The molecule has 0 aromatic heterocycles. The molecule has 0 radical (unpaired) electrons. The molecule has 6 nitrogen and oxygen atoms in total. The van der Waals surface area contributed by atoms with Gasteiger partial charge in [0.05, 0.1) is 14.2 Å². The van der Waals surface area contributed by atoms with Gasteiger partial charge in [-0.25, -0.2) is 0 Å². The molecule has 0 saturated carbocycles. The molecule has 1 aromatic carbocycles. The molecule has 1 saturated heterocycles. The third-order valence-corrected chi connectivity index (χ3v) is 4.31. The van der Waals surface area contributed by atoms with E-state index < -0.39 is 12.0 Å². The number of piperazine rings is 1. The van der Waals surface area contributed by atoms with E-state index in [2.05, 4.69) is 18.9 Å². The Balaban J connectivity index is 2.30. The Hall–Kier alpha value is -1.79. The van der Waals surface area contributed by atoms with Crippen molar-refractivity contribution in [2.45, 2.75) is 19.0 Å². The number of carboxylic acid groups (broad SMARTS) is 1. The van der Waals surface area contributed by atoms with Gasteiger partial charge in [-0.15, -0.1) is 0 Å². The summed E-state index contributed by atoms with van der Waals surface area (Å²) in [5.74, 6) is 0.305. The van der Waals surface area contributed by atoms with Crippen LogP contribution in [0, 0.1) is 0 Å². The summed E-state index contributed by atoms with van der Waals surface area (Å²) in [6.07, 6.45) is 0. The van der Waals surface area contributed by atoms with Crippen LogP contribution in [0.1, 0.15) is 18.5 Å². The lowest BCUT2D eigenvalue weighted by Gasteiger charge is -2.40. The second-order valence-corrected chi connectivity index (χ2v) is 5.68. The fraction of sp³-hybridized carbons (Fsp3) is 0.562. The number of methoxy groups -OCH3 is 2. The Morgan fingerprint density at radius 1 is 1.27 bits per heavy atom. The van der Waals surface area contributed by atoms with Gasteiger partial charge in [0.15, 0.2) is 11.5 Å². The molecule has 1 N–H and O–H groups in total. The van der Waals surface area contributed by atoms with Crippen LogP contribution in [0.3, 0.4) is 0 Å². The van der Waals surface area contributed by atoms with E-state index in [9.17, 15) is 9.90 Å². The van der Waals surface area contributed by atoms with Crippen LogP contribution in [0.4, 0.5) is 0 Å². The summed E-state index contributed by atoms with van der Waals surface area (Å²) in [7, 11) is 5.18. The fourth-order valence-corrected chi connectivity index (χ4v) is 2.84. The molecular formula is C16H24N2O4. The Labute approximate surface area is 131 Å². The molecule has 22 heavy (non-hydrogen) atoms. The van der Waals surface area contributed by atoms with Crippen molar-refractivity contribution < 1.29 is 19.4 Å². The zero-order valence-corrected chi connectivity index (χ0v) is 13.6. The maximum absolute atomic E-state index is 11.8. The van der Waals surface area contributed by atoms with Crippen LogP contribution in [-0.2, 0) is 4.79 Å². The number of hydrogen-bond donors (Lipinski definition) is 1. The zero-order valence-electron chi connectivity index (χ0n) is 13.6. The molecular weight excluding hydrogens is 284 g/mol. The van der Waals surface area contributed by atoms with Crippen LogP contribution in [0.25, 0.3) is 0 Å². The molecule has 1 heterocycles. The predicted octanol–water partition coefficient (Wildman–Crippen LogP) is 1.47. The minimum atomic E-state index is -0.844. The van der Waals surface area contributed by atoms with E-state index in [1.54, 1.807) is 32.4 Å². The summed E-state index contributed by atoms with van der Waals surface area (Å²) in [5, 5.41) is 9.69. The van der Waals surface area contributed by atoms with E-state index >= 15 is 0 Å². The minimum Gasteiger partial charge on any atom is -0.493 e. The van der Waals surface area contributed by atoms with Crippen molar-refractivity contribution >= 4 is 5.97 Å². The molecule has 1 aliphatic rings. The summed E-state index contributed by atoms with van der Waals surface area (Å²) in [6, 6.07) is 4.96. The Kier molecular flexibility index (Phi) is 5.26. The van der Waals surface area contributed by atoms with Gasteiger partial charge in [-0.1, -0.05) is 6.07 Å². The van der Waals surface area contributed by atoms with Gasteiger partial charge in [-0.2, -0.15) is 0 Å². The summed E-state index contributed by atoms with van der Waals surface area (Å²) >= 11 is 0.